The molecule has 14 rings (SSSR count). The van der Waals surface area contributed by atoms with Crippen LogP contribution < -0.4 is 9.64 Å². The van der Waals surface area contributed by atoms with Gasteiger partial charge in [0.2, 0.25) is 0 Å². The number of anilines is 3. The summed E-state index contributed by atoms with van der Waals surface area (Å²) in [6, 6.07) is 87.3. The molecule has 0 bridgehead atoms. The summed E-state index contributed by atoms with van der Waals surface area (Å²) in [5.41, 5.74) is 22.6. The molecule has 4 aliphatic rings. The molecule has 10 aromatic rings. The van der Waals surface area contributed by atoms with E-state index in [0.29, 0.717) is 0 Å². The second-order valence-electron chi connectivity index (χ2n) is 17.5. The molecule has 0 unspecified atom stereocenters. The highest BCUT2D eigenvalue weighted by Crippen LogP contribution is 2.65. The summed E-state index contributed by atoms with van der Waals surface area (Å²) in [6.45, 7) is 0. The Balaban J connectivity index is 0.984. The first-order valence-corrected chi connectivity index (χ1v) is 22.3. The predicted molar refractivity (Wildman–Crippen MR) is 260 cm³/mol. The van der Waals surface area contributed by atoms with Crippen molar-refractivity contribution < 1.29 is 4.74 Å². The van der Waals surface area contributed by atoms with Crippen LogP contribution in [0, 0.1) is 0 Å². The molecule has 298 valence electrons. The summed E-state index contributed by atoms with van der Waals surface area (Å²) in [5.74, 6) is 1.78. The number of benzene rings is 10. The molecule has 10 aromatic carbocycles. The van der Waals surface area contributed by atoms with Crippen molar-refractivity contribution in [3.8, 4) is 56.0 Å². The summed E-state index contributed by atoms with van der Waals surface area (Å²) in [6.07, 6.45) is 0. The average molecular weight is 814 g/mol. The van der Waals surface area contributed by atoms with E-state index < -0.39 is 10.8 Å². The first-order chi connectivity index (χ1) is 31.8. The van der Waals surface area contributed by atoms with E-state index in [2.05, 4.69) is 241 Å². The Labute approximate surface area is 373 Å². The Morgan fingerprint density at radius 1 is 0.266 bits per heavy atom. The number of para-hydroxylation sites is 3. The van der Waals surface area contributed by atoms with E-state index in [0.717, 1.165) is 45.3 Å². The molecule has 0 aromatic heterocycles. The Morgan fingerprint density at radius 3 is 1.27 bits per heavy atom. The lowest BCUT2D eigenvalue weighted by atomic mass is 9.66. The molecule has 64 heavy (non-hydrogen) atoms. The molecule has 0 N–H and O–H groups in total. The van der Waals surface area contributed by atoms with Gasteiger partial charge in [-0.3, -0.25) is 0 Å². The molecule has 2 nitrogen and oxygen atoms in total. The van der Waals surface area contributed by atoms with E-state index in [1.54, 1.807) is 0 Å². The quantitative estimate of drug-likeness (QED) is 0.175. The number of hydrogen-bond acceptors (Lipinski definition) is 2. The zero-order chi connectivity index (χ0) is 42.0. The molecule has 0 fully saturated rings. The second kappa shape index (κ2) is 13.2. The molecule has 0 saturated heterocycles. The minimum Gasteiger partial charge on any atom is -0.457 e. The zero-order valence-corrected chi connectivity index (χ0v) is 34.9. The number of nitrogens with zero attached hydrogens (tertiary/aromatic N) is 1. The molecule has 1 aliphatic heterocycles. The lowest BCUT2D eigenvalue weighted by Gasteiger charge is -2.39. The van der Waals surface area contributed by atoms with Crippen molar-refractivity contribution in [1.29, 1.82) is 0 Å². The van der Waals surface area contributed by atoms with Crippen molar-refractivity contribution in [3.05, 3.63) is 281 Å². The fraction of sp³-hybridized carbons (Fsp3) is 0.0323. The van der Waals surface area contributed by atoms with E-state index in [1.165, 1.54) is 72.3 Å². The second-order valence-corrected chi connectivity index (χ2v) is 17.5. The van der Waals surface area contributed by atoms with Gasteiger partial charge in [-0.15, -0.1) is 0 Å². The fourth-order valence-electron chi connectivity index (χ4n) is 12.2. The number of fused-ring (bicyclic) bond motifs is 19. The molecule has 0 atom stereocenters. The van der Waals surface area contributed by atoms with Gasteiger partial charge in [0.15, 0.2) is 0 Å². The Bertz CT molecular complexity index is 3470. The minimum atomic E-state index is -0.553. The Kier molecular flexibility index (Phi) is 7.28. The highest BCUT2D eigenvalue weighted by atomic mass is 16.5. The minimum absolute atomic E-state index is 0.398. The van der Waals surface area contributed by atoms with Crippen molar-refractivity contribution in [2.24, 2.45) is 0 Å². The highest BCUT2D eigenvalue weighted by molar-refractivity contribution is 5.98. The van der Waals surface area contributed by atoms with E-state index in [-0.39, 0.29) is 0 Å². The van der Waals surface area contributed by atoms with Gasteiger partial charge < -0.3 is 9.64 Å². The monoisotopic (exact) mass is 813 g/mol. The standard InChI is InChI=1S/C62H39NO/c1-2-18-41(19-3-1)63(42-35-36-55-49(39-42)48-25-8-14-30-54(48)61(55)50-26-10-4-21-44(50)45-22-5-11-27-51(45)61)58-32-16-9-20-43(58)40-34-37-60-57(38-40)62(56-31-15-17-33-59(56)64-60)52-28-12-6-23-46(52)47-24-7-13-29-53(47)62/h1-39H. The summed E-state index contributed by atoms with van der Waals surface area (Å²) in [7, 11) is 0. The normalized spacial score (nSPS) is 14.3. The summed E-state index contributed by atoms with van der Waals surface area (Å²) >= 11 is 0. The third-order valence-electron chi connectivity index (χ3n) is 14.6. The highest BCUT2D eigenvalue weighted by Gasteiger charge is 2.53. The third-order valence-corrected chi connectivity index (χ3v) is 14.6. The smallest absolute Gasteiger partial charge is 0.132 e. The van der Waals surface area contributed by atoms with Gasteiger partial charge in [-0.1, -0.05) is 188 Å². The van der Waals surface area contributed by atoms with Crippen LogP contribution in [0.4, 0.5) is 17.1 Å². The van der Waals surface area contributed by atoms with Crippen molar-refractivity contribution in [2.75, 3.05) is 4.90 Å². The van der Waals surface area contributed by atoms with Crippen LogP contribution in [0.25, 0.3) is 44.5 Å². The SMILES string of the molecule is c1ccc(N(c2ccc3c(c2)-c2ccccc2C32c3ccccc3-c3ccccc32)c2ccccc2-c2ccc3c(c2)C2(c4ccccc4O3)c3ccccc3-c3ccccc32)cc1. The largest absolute Gasteiger partial charge is 0.457 e. The van der Waals surface area contributed by atoms with Crippen LogP contribution in [-0.2, 0) is 10.8 Å². The average Bonchev–Trinajstić information content (AvgIpc) is 3.95. The summed E-state index contributed by atoms with van der Waals surface area (Å²) in [4.78, 5) is 2.45. The van der Waals surface area contributed by atoms with Crippen LogP contribution >= 0.6 is 0 Å². The molecule has 0 amide bonds. The lowest BCUT2D eigenvalue weighted by molar-refractivity contribution is 0.436. The predicted octanol–water partition coefficient (Wildman–Crippen LogP) is 15.6. The van der Waals surface area contributed by atoms with Crippen molar-refractivity contribution in [1.82, 2.24) is 0 Å². The lowest BCUT2D eigenvalue weighted by Crippen LogP contribution is -2.32. The van der Waals surface area contributed by atoms with Gasteiger partial charge in [-0.05, 0) is 121 Å². The third kappa shape index (κ3) is 4.49. The van der Waals surface area contributed by atoms with Crippen LogP contribution in [0.1, 0.15) is 44.5 Å². The van der Waals surface area contributed by atoms with Gasteiger partial charge in [-0.2, -0.15) is 0 Å². The van der Waals surface area contributed by atoms with Crippen LogP contribution in [0.2, 0.25) is 0 Å². The number of rotatable bonds is 4. The molecule has 0 radical (unpaired) electrons. The van der Waals surface area contributed by atoms with Crippen molar-refractivity contribution in [3.63, 3.8) is 0 Å². The van der Waals surface area contributed by atoms with Crippen LogP contribution in [-0.4, -0.2) is 0 Å². The molecule has 0 saturated carbocycles. The molecule has 1 heterocycles. The van der Waals surface area contributed by atoms with Gasteiger partial charge >= 0.3 is 0 Å². The topological polar surface area (TPSA) is 12.5 Å². The van der Waals surface area contributed by atoms with Gasteiger partial charge in [0.25, 0.3) is 0 Å². The molecule has 2 spiro atoms. The van der Waals surface area contributed by atoms with E-state index in [9.17, 15) is 0 Å². The van der Waals surface area contributed by atoms with Crippen LogP contribution in [0.15, 0.2) is 237 Å². The summed E-state index contributed by atoms with van der Waals surface area (Å²) in [5, 5.41) is 0. The summed E-state index contributed by atoms with van der Waals surface area (Å²) < 4.78 is 6.85. The fourth-order valence-corrected chi connectivity index (χ4v) is 12.2. The van der Waals surface area contributed by atoms with E-state index in [1.807, 2.05) is 0 Å². The number of hydrogen-bond donors (Lipinski definition) is 0. The maximum Gasteiger partial charge on any atom is 0.132 e. The van der Waals surface area contributed by atoms with E-state index in [4.69, 9.17) is 4.74 Å². The van der Waals surface area contributed by atoms with Gasteiger partial charge in [-0.25, -0.2) is 0 Å². The molecule has 3 aliphatic carbocycles. The first kappa shape index (κ1) is 35.4. The maximum absolute atomic E-state index is 6.85. The Hall–Kier alpha value is -8.20. The number of ether oxygens (including phenoxy) is 1. The molecular formula is C62H39NO. The molecular weight excluding hydrogens is 775 g/mol. The van der Waals surface area contributed by atoms with Gasteiger partial charge in [0.05, 0.1) is 16.5 Å². The Morgan fingerprint density at radius 2 is 0.688 bits per heavy atom. The van der Waals surface area contributed by atoms with E-state index >= 15 is 0 Å². The van der Waals surface area contributed by atoms with Gasteiger partial charge in [0, 0.05) is 28.1 Å². The van der Waals surface area contributed by atoms with Gasteiger partial charge in [0.1, 0.15) is 11.5 Å². The van der Waals surface area contributed by atoms with Crippen molar-refractivity contribution >= 4 is 17.1 Å². The maximum atomic E-state index is 6.85. The van der Waals surface area contributed by atoms with Crippen LogP contribution in [0.3, 0.4) is 0 Å². The zero-order valence-electron chi connectivity index (χ0n) is 34.9. The van der Waals surface area contributed by atoms with Crippen molar-refractivity contribution in [2.45, 2.75) is 10.8 Å². The molecule has 2 heteroatoms. The van der Waals surface area contributed by atoms with Crippen LogP contribution in [0.5, 0.6) is 11.5 Å². The first-order valence-electron chi connectivity index (χ1n) is 22.3.